The zero-order valence-electron chi connectivity index (χ0n) is 10.1. The van der Waals surface area contributed by atoms with Gasteiger partial charge in [0, 0.05) is 12.4 Å². The molecule has 15 heavy (non-hydrogen) atoms. The van der Waals surface area contributed by atoms with Crippen LogP contribution in [0.1, 0.15) is 45.7 Å². The fourth-order valence-corrected chi connectivity index (χ4v) is 1.40. The van der Waals surface area contributed by atoms with Crippen molar-refractivity contribution in [2.24, 2.45) is 0 Å². The van der Waals surface area contributed by atoms with Crippen molar-refractivity contribution < 1.29 is 0 Å². The average Bonchev–Trinajstić information content (AvgIpc) is 2.74. The van der Waals surface area contributed by atoms with Gasteiger partial charge in [0.25, 0.3) is 0 Å². The Morgan fingerprint density at radius 3 is 2.67 bits per heavy atom. The van der Waals surface area contributed by atoms with Gasteiger partial charge in [-0.1, -0.05) is 33.8 Å². The maximum absolute atomic E-state index is 4.55. The average molecular weight is 204 g/mol. The minimum atomic E-state index is 0.555. The van der Waals surface area contributed by atoms with E-state index in [1.165, 1.54) is 5.69 Å². The number of imidazole rings is 1. The molecule has 82 valence electrons. The van der Waals surface area contributed by atoms with Crippen molar-refractivity contribution in [3.63, 3.8) is 0 Å². The SMILES string of the molecule is CC.CCC(C)c1cn2ccccc2n1. The molecule has 2 heterocycles. The highest BCUT2D eigenvalue weighted by atomic mass is 15.0. The minimum absolute atomic E-state index is 0.555. The summed E-state index contributed by atoms with van der Waals surface area (Å²) in [6.07, 6.45) is 5.29. The summed E-state index contributed by atoms with van der Waals surface area (Å²) in [5.41, 5.74) is 2.23. The number of pyridine rings is 1. The molecule has 2 heteroatoms. The first kappa shape index (κ1) is 11.8. The third kappa shape index (κ3) is 2.58. The lowest BCUT2D eigenvalue weighted by atomic mass is 10.1. The Hall–Kier alpha value is -1.31. The summed E-state index contributed by atoms with van der Waals surface area (Å²) in [4.78, 5) is 4.55. The number of hydrogen-bond donors (Lipinski definition) is 0. The molecule has 1 unspecified atom stereocenters. The minimum Gasteiger partial charge on any atom is -0.307 e. The molecule has 2 nitrogen and oxygen atoms in total. The van der Waals surface area contributed by atoms with Crippen LogP contribution in [-0.2, 0) is 0 Å². The van der Waals surface area contributed by atoms with Crippen LogP contribution in [0.15, 0.2) is 30.6 Å². The first-order valence-electron chi connectivity index (χ1n) is 5.75. The fraction of sp³-hybridized carbons (Fsp3) is 0.462. The monoisotopic (exact) mass is 204 g/mol. The maximum atomic E-state index is 4.55. The molecule has 0 aliphatic heterocycles. The molecule has 2 rings (SSSR count). The Balaban J connectivity index is 0.000000531. The summed E-state index contributed by atoms with van der Waals surface area (Å²) in [6.45, 7) is 8.40. The second-order valence-corrected chi connectivity index (χ2v) is 3.44. The van der Waals surface area contributed by atoms with Gasteiger partial charge in [-0.2, -0.15) is 0 Å². The highest BCUT2D eigenvalue weighted by Crippen LogP contribution is 2.17. The van der Waals surface area contributed by atoms with Gasteiger partial charge in [0.05, 0.1) is 5.69 Å². The summed E-state index contributed by atoms with van der Waals surface area (Å²) in [6, 6.07) is 6.07. The van der Waals surface area contributed by atoms with Crippen LogP contribution in [0.5, 0.6) is 0 Å². The van der Waals surface area contributed by atoms with Crippen LogP contribution >= 0.6 is 0 Å². The van der Waals surface area contributed by atoms with Gasteiger partial charge >= 0.3 is 0 Å². The molecule has 0 aromatic carbocycles. The third-order valence-corrected chi connectivity index (χ3v) is 2.50. The zero-order valence-corrected chi connectivity index (χ0v) is 10.1. The highest BCUT2D eigenvalue weighted by molar-refractivity contribution is 5.39. The van der Waals surface area contributed by atoms with Crippen molar-refractivity contribution in [3.05, 3.63) is 36.3 Å². The molecule has 0 aliphatic rings. The normalized spacial score (nSPS) is 12.0. The second-order valence-electron chi connectivity index (χ2n) is 3.44. The van der Waals surface area contributed by atoms with Crippen molar-refractivity contribution in [2.45, 2.75) is 40.0 Å². The number of rotatable bonds is 2. The summed E-state index contributed by atoms with van der Waals surface area (Å²) in [5.74, 6) is 0.555. The van der Waals surface area contributed by atoms with Gasteiger partial charge in [-0.3, -0.25) is 0 Å². The number of hydrogen-bond acceptors (Lipinski definition) is 1. The number of nitrogens with zero attached hydrogens (tertiary/aromatic N) is 2. The quantitative estimate of drug-likeness (QED) is 0.725. The lowest BCUT2D eigenvalue weighted by Gasteiger charge is -2.01. The van der Waals surface area contributed by atoms with E-state index in [1.54, 1.807) is 0 Å². The van der Waals surface area contributed by atoms with Gasteiger partial charge in [-0.15, -0.1) is 0 Å². The molecule has 0 amide bonds. The van der Waals surface area contributed by atoms with E-state index in [9.17, 15) is 0 Å². The lowest BCUT2D eigenvalue weighted by molar-refractivity contribution is 0.714. The van der Waals surface area contributed by atoms with Crippen LogP contribution in [-0.4, -0.2) is 9.38 Å². The van der Waals surface area contributed by atoms with Crippen molar-refractivity contribution >= 4 is 5.65 Å². The van der Waals surface area contributed by atoms with Crippen LogP contribution in [0.25, 0.3) is 5.65 Å². The molecule has 0 bridgehead atoms. The van der Waals surface area contributed by atoms with E-state index in [0.29, 0.717) is 5.92 Å². The smallest absolute Gasteiger partial charge is 0.136 e. The van der Waals surface area contributed by atoms with Gasteiger partial charge in [-0.05, 0) is 24.5 Å². The molecule has 0 saturated heterocycles. The standard InChI is InChI=1S/C11H14N2.C2H6/c1-3-9(2)10-8-13-7-5-4-6-11(13)12-10;1-2/h4-9H,3H2,1-2H3;1-2H3. The molecular weight excluding hydrogens is 184 g/mol. The predicted molar refractivity (Wildman–Crippen MR) is 65.2 cm³/mol. The van der Waals surface area contributed by atoms with E-state index >= 15 is 0 Å². The van der Waals surface area contributed by atoms with Crippen molar-refractivity contribution in [2.75, 3.05) is 0 Å². The largest absolute Gasteiger partial charge is 0.307 e. The lowest BCUT2D eigenvalue weighted by Crippen LogP contribution is -1.89. The van der Waals surface area contributed by atoms with Gasteiger partial charge in [0.15, 0.2) is 0 Å². The van der Waals surface area contributed by atoms with Gasteiger partial charge < -0.3 is 4.40 Å². The van der Waals surface area contributed by atoms with Crippen molar-refractivity contribution in [1.82, 2.24) is 9.38 Å². The van der Waals surface area contributed by atoms with Crippen LogP contribution in [0, 0.1) is 0 Å². The van der Waals surface area contributed by atoms with E-state index in [1.807, 2.05) is 38.2 Å². The molecule has 0 radical (unpaired) electrons. The Kier molecular flexibility index (Phi) is 4.35. The molecule has 0 saturated carbocycles. The molecule has 0 fully saturated rings. The Labute approximate surface area is 92.0 Å². The van der Waals surface area contributed by atoms with E-state index < -0.39 is 0 Å². The molecule has 0 spiro atoms. The Bertz CT molecular complexity index is 371. The summed E-state index contributed by atoms with van der Waals surface area (Å²) in [7, 11) is 0. The summed E-state index contributed by atoms with van der Waals surface area (Å²) < 4.78 is 2.07. The first-order chi connectivity index (χ1) is 7.31. The van der Waals surface area contributed by atoms with E-state index in [0.717, 1.165) is 12.1 Å². The first-order valence-corrected chi connectivity index (χ1v) is 5.75. The predicted octanol–water partition coefficient (Wildman–Crippen LogP) is 3.87. The van der Waals surface area contributed by atoms with Crippen LogP contribution in [0.4, 0.5) is 0 Å². The molecular formula is C13H20N2. The highest BCUT2D eigenvalue weighted by Gasteiger charge is 2.06. The van der Waals surface area contributed by atoms with Crippen LogP contribution in [0.3, 0.4) is 0 Å². The van der Waals surface area contributed by atoms with Crippen LogP contribution < -0.4 is 0 Å². The summed E-state index contributed by atoms with van der Waals surface area (Å²) >= 11 is 0. The Morgan fingerprint density at radius 2 is 2.07 bits per heavy atom. The topological polar surface area (TPSA) is 17.3 Å². The molecule has 0 N–H and O–H groups in total. The number of aromatic nitrogens is 2. The zero-order chi connectivity index (χ0) is 11.3. The maximum Gasteiger partial charge on any atom is 0.136 e. The van der Waals surface area contributed by atoms with E-state index in [2.05, 4.69) is 29.4 Å². The fourth-order valence-electron chi connectivity index (χ4n) is 1.40. The van der Waals surface area contributed by atoms with Gasteiger partial charge in [0.2, 0.25) is 0 Å². The molecule has 1 atom stereocenters. The van der Waals surface area contributed by atoms with Crippen molar-refractivity contribution in [1.29, 1.82) is 0 Å². The second kappa shape index (κ2) is 5.54. The van der Waals surface area contributed by atoms with Crippen molar-refractivity contribution in [3.8, 4) is 0 Å². The van der Waals surface area contributed by atoms with Gasteiger partial charge in [0.1, 0.15) is 5.65 Å². The van der Waals surface area contributed by atoms with E-state index in [4.69, 9.17) is 0 Å². The molecule has 2 aromatic heterocycles. The number of fused-ring (bicyclic) bond motifs is 1. The molecule has 2 aromatic rings. The van der Waals surface area contributed by atoms with E-state index in [-0.39, 0.29) is 0 Å². The molecule has 0 aliphatic carbocycles. The third-order valence-electron chi connectivity index (χ3n) is 2.50. The van der Waals surface area contributed by atoms with Gasteiger partial charge in [-0.25, -0.2) is 4.98 Å². The summed E-state index contributed by atoms with van der Waals surface area (Å²) in [5, 5.41) is 0. The Morgan fingerprint density at radius 1 is 1.33 bits per heavy atom. The van der Waals surface area contributed by atoms with Crippen LogP contribution in [0.2, 0.25) is 0 Å².